The quantitative estimate of drug-likeness (QED) is 0.611. The van der Waals surface area contributed by atoms with Crippen LogP contribution in [0.2, 0.25) is 0 Å². The number of fused-ring (bicyclic) bond motifs is 4. The summed E-state index contributed by atoms with van der Waals surface area (Å²) in [6, 6.07) is 15.2. The highest BCUT2D eigenvalue weighted by Crippen LogP contribution is 2.54. The van der Waals surface area contributed by atoms with Crippen molar-refractivity contribution >= 4 is 18.0 Å². The zero-order chi connectivity index (χ0) is 23.9. The monoisotopic (exact) mass is 460 g/mol. The minimum Gasteiger partial charge on any atom is -0.479 e. The van der Waals surface area contributed by atoms with Gasteiger partial charge in [-0.2, -0.15) is 0 Å². The normalized spacial score (nSPS) is 23.2. The summed E-state index contributed by atoms with van der Waals surface area (Å²) >= 11 is 0. The number of rotatable bonds is 7. The molecule has 2 aliphatic carbocycles. The number of ether oxygens (including phenoxy) is 1. The number of hydrogen-bond acceptors (Lipinski definition) is 4. The molecule has 5 rings (SSSR count). The second-order valence-corrected chi connectivity index (χ2v) is 9.31. The summed E-state index contributed by atoms with van der Waals surface area (Å²) in [7, 11) is 0. The van der Waals surface area contributed by atoms with E-state index in [0.29, 0.717) is 13.0 Å². The van der Waals surface area contributed by atoms with Crippen molar-refractivity contribution in [2.24, 2.45) is 5.92 Å². The summed E-state index contributed by atoms with van der Waals surface area (Å²) in [4.78, 5) is 39.5. The topological polar surface area (TPSA) is 95.9 Å². The van der Waals surface area contributed by atoms with Crippen LogP contribution in [0.25, 0.3) is 11.1 Å². The van der Waals surface area contributed by atoms with Gasteiger partial charge in [0.15, 0.2) is 0 Å². The molecule has 1 unspecified atom stereocenters. The Morgan fingerprint density at radius 3 is 2.41 bits per heavy atom. The molecular formula is C27H28N2O5. The van der Waals surface area contributed by atoms with Crippen LogP contribution in [-0.2, 0) is 14.3 Å². The Morgan fingerprint density at radius 1 is 1.15 bits per heavy atom. The fourth-order valence-electron chi connectivity index (χ4n) is 5.73. The first-order valence-corrected chi connectivity index (χ1v) is 11.7. The number of amides is 2. The largest absolute Gasteiger partial charge is 0.479 e. The third kappa shape index (κ3) is 3.56. The maximum atomic E-state index is 13.3. The lowest BCUT2D eigenvalue weighted by molar-refractivity contribution is -0.155. The minimum absolute atomic E-state index is 0.0125. The molecule has 7 heteroatoms. The Morgan fingerprint density at radius 2 is 1.79 bits per heavy atom. The Kier molecular flexibility index (Phi) is 5.63. The fourth-order valence-corrected chi connectivity index (χ4v) is 5.73. The van der Waals surface area contributed by atoms with Crippen molar-refractivity contribution in [2.75, 3.05) is 13.2 Å². The van der Waals surface area contributed by atoms with E-state index in [0.717, 1.165) is 35.1 Å². The standard InChI is InChI=1S/C27H28N2O5/c1-2-8-23(24(30)29-14-7-9-17-15-27(17,29)25(31)32)28-26(33)34-16-22-20-12-5-3-10-18(20)19-11-4-6-13-21(19)22/h2-6,10-13,17,22-23H,1,7-9,14-16H2,(H,28,33)(H,31,32)/t17-,23?,27+/m0/s1. The van der Waals surface area contributed by atoms with Gasteiger partial charge in [0.25, 0.3) is 0 Å². The average Bonchev–Trinajstić information content (AvgIpc) is 3.53. The van der Waals surface area contributed by atoms with Gasteiger partial charge in [0, 0.05) is 12.5 Å². The number of aliphatic carboxylic acids is 1. The molecule has 2 N–H and O–H groups in total. The van der Waals surface area contributed by atoms with Gasteiger partial charge in [-0.15, -0.1) is 6.58 Å². The van der Waals surface area contributed by atoms with Crippen molar-refractivity contribution in [3.63, 3.8) is 0 Å². The van der Waals surface area contributed by atoms with E-state index in [1.54, 1.807) is 6.08 Å². The van der Waals surface area contributed by atoms with E-state index in [1.165, 1.54) is 4.90 Å². The van der Waals surface area contributed by atoms with E-state index in [1.807, 2.05) is 36.4 Å². The van der Waals surface area contributed by atoms with Crippen molar-refractivity contribution in [3.05, 3.63) is 72.3 Å². The lowest BCUT2D eigenvalue weighted by Crippen LogP contribution is -2.57. The van der Waals surface area contributed by atoms with Crippen LogP contribution in [0.4, 0.5) is 4.79 Å². The molecule has 0 bridgehead atoms. The van der Waals surface area contributed by atoms with Gasteiger partial charge >= 0.3 is 12.1 Å². The third-order valence-corrected chi connectivity index (χ3v) is 7.46. The van der Waals surface area contributed by atoms with Gasteiger partial charge < -0.3 is 20.1 Å². The molecule has 1 saturated heterocycles. The summed E-state index contributed by atoms with van der Waals surface area (Å²) in [5, 5.41) is 12.5. The molecule has 34 heavy (non-hydrogen) atoms. The van der Waals surface area contributed by atoms with E-state index >= 15 is 0 Å². The van der Waals surface area contributed by atoms with Crippen LogP contribution in [0.3, 0.4) is 0 Å². The highest BCUT2D eigenvalue weighted by Gasteiger charge is 2.67. The Labute approximate surface area is 198 Å². The molecule has 2 aromatic rings. The van der Waals surface area contributed by atoms with Gasteiger partial charge in [-0.05, 0) is 53.9 Å². The summed E-state index contributed by atoms with van der Waals surface area (Å²) in [5.41, 5.74) is 3.35. The van der Waals surface area contributed by atoms with Crippen LogP contribution in [0.15, 0.2) is 61.2 Å². The second kappa shape index (κ2) is 8.63. The molecule has 0 aromatic heterocycles. The van der Waals surface area contributed by atoms with E-state index in [4.69, 9.17) is 4.74 Å². The Balaban J connectivity index is 1.27. The molecule has 1 saturated carbocycles. The van der Waals surface area contributed by atoms with Gasteiger partial charge in [0.2, 0.25) is 5.91 Å². The fraction of sp³-hybridized carbons (Fsp3) is 0.370. The molecule has 176 valence electrons. The highest BCUT2D eigenvalue weighted by atomic mass is 16.5. The molecule has 0 radical (unpaired) electrons. The number of nitrogens with zero attached hydrogens (tertiary/aromatic N) is 1. The molecule has 7 nitrogen and oxygen atoms in total. The van der Waals surface area contributed by atoms with Gasteiger partial charge in [0.05, 0.1) is 0 Å². The van der Waals surface area contributed by atoms with Gasteiger partial charge in [-0.3, -0.25) is 4.79 Å². The first-order chi connectivity index (χ1) is 16.5. The van der Waals surface area contributed by atoms with Gasteiger partial charge in [-0.1, -0.05) is 54.6 Å². The Hall–Kier alpha value is -3.61. The lowest BCUT2D eigenvalue weighted by atomic mass is 9.98. The summed E-state index contributed by atoms with van der Waals surface area (Å²) < 4.78 is 5.59. The number of alkyl carbamates (subject to hydrolysis) is 1. The molecule has 1 aliphatic heterocycles. The molecule has 2 fully saturated rings. The molecule has 3 aliphatic rings. The maximum Gasteiger partial charge on any atom is 0.407 e. The number of carbonyl (C=O) groups is 3. The predicted octanol–water partition coefficient (Wildman–Crippen LogP) is 3.94. The number of carbonyl (C=O) groups excluding carboxylic acids is 2. The third-order valence-electron chi connectivity index (χ3n) is 7.46. The molecular weight excluding hydrogens is 432 g/mol. The Bertz CT molecular complexity index is 1120. The second-order valence-electron chi connectivity index (χ2n) is 9.31. The number of nitrogens with one attached hydrogen (secondary N) is 1. The minimum atomic E-state index is -1.13. The zero-order valence-corrected chi connectivity index (χ0v) is 18.9. The van der Waals surface area contributed by atoms with E-state index < -0.39 is 29.6 Å². The molecule has 0 spiro atoms. The van der Waals surface area contributed by atoms with Crippen LogP contribution in [-0.4, -0.2) is 52.7 Å². The van der Waals surface area contributed by atoms with Gasteiger partial charge in [-0.25, -0.2) is 9.59 Å². The highest BCUT2D eigenvalue weighted by molar-refractivity contribution is 5.94. The number of hydrogen-bond donors (Lipinski definition) is 2. The van der Waals surface area contributed by atoms with Crippen LogP contribution in [0.5, 0.6) is 0 Å². The summed E-state index contributed by atoms with van der Waals surface area (Å²) in [6.45, 7) is 4.21. The van der Waals surface area contributed by atoms with Crippen LogP contribution in [0.1, 0.15) is 42.7 Å². The smallest absolute Gasteiger partial charge is 0.407 e. The lowest BCUT2D eigenvalue weighted by Gasteiger charge is -2.36. The molecule has 2 aromatic carbocycles. The first kappa shape index (κ1) is 22.2. The van der Waals surface area contributed by atoms with Crippen molar-refractivity contribution in [1.29, 1.82) is 0 Å². The van der Waals surface area contributed by atoms with Crippen LogP contribution >= 0.6 is 0 Å². The van der Waals surface area contributed by atoms with Crippen molar-refractivity contribution in [3.8, 4) is 11.1 Å². The molecule has 2 amide bonds. The van der Waals surface area contributed by atoms with Crippen molar-refractivity contribution < 1.29 is 24.2 Å². The van der Waals surface area contributed by atoms with E-state index in [2.05, 4.69) is 24.0 Å². The zero-order valence-electron chi connectivity index (χ0n) is 18.9. The number of likely N-dealkylation sites (tertiary alicyclic amines) is 1. The summed E-state index contributed by atoms with van der Waals surface area (Å²) in [5.74, 6) is -1.46. The number of carboxylic acids is 1. The number of benzene rings is 2. The predicted molar refractivity (Wildman–Crippen MR) is 126 cm³/mol. The first-order valence-electron chi connectivity index (χ1n) is 11.7. The van der Waals surface area contributed by atoms with Crippen LogP contribution < -0.4 is 5.32 Å². The number of piperidine rings is 1. The van der Waals surface area contributed by atoms with Crippen molar-refractivity contribution in [1.82, 2.24) is 10.2 Å². The maximum absolute atomic E-state index is 13.3. The molecule has 3 atom stereocenters. The summed E-state index contributed by atoms with van der Waals surface area (Å²) in [6.07, 6.45) is 3.09. The molecule has 1 heterocycles. The van der Waals surface area contributed by atoms with E-state index in [9.17, 15) is 19.5 Å². The van der Waals surface area contributed by atoms with Crippen molar-refractivity contribution in [2.45, 2.75) is 43.2 Å². The van der Waals surface area contributed by atoms with Gasteiger partial charge in [0.1, 0.15) is 18.2 Å². The SMILES string of the molecule is C=CCC(NC(=O)OCC1c2ccccc2-c2ccccc21)C(=O)N1CCC[C@H]2C[C@]21C(=O)O. The van der Waals surface area contributed by atoms with E-state index in [-0.39, 0.29) is 24.9 Å². The average molecular weight is 461 g/mol. The van der Waals surface area contributed by atoms with Crippen LogP contribution in [0, 0.1) is 5.92 Å². The number of carboxylic acid groups (broad SMARTS) is 1.